The Kier molecular flexibility index (Phi) is 5.20. The molecular formula is C15H17ClN2O5. The summed E-state index contributed by atoms with van der Waals surface area (Å²) in [7, 11) is 0. The highest BCUT2D eigenvalue weighted by Crippen LogP contribution is 2.36. The van der Waals surface area contributed by atoms with Gasteiger partial charge in [-0.05, 0) is 18.9 Å². The van der Waals surface area contributed by atoms with Crippen molar-refractivity contribution in [1.82, 2.24) is 5.32 Å². The summed E-state index contributed by atoms with van der Waals surface area (Å²) in [6.07, 6.45) is 3.69. The summed E-state index contributed by atoms with van der Waals surface area (Å²) in [5.74, 6) is -1.44. The normalized spacial score (nSPS) is 16.6. The van der Waals surface area contributed by atoms with E-state index >= 15 is 0 Å². The van der Waals surface area contributed by atoms with E-state index in [1.165, 1.54) is 12.1 Å². The van der Waals surface area contributed by atoms with Gasteiger partial charge in [-0.2, -0.15) is 0 Å². The first-order chi connectivity index (χ1) is 10.9. The van der Waals surface area contributed by atoms with Gasteiger partial charge in [-0.25, -0.2) is 0 Å². The van der Waals surface area contributed by atoms with E-state index in [9.17, 15) is 24.8 Å². The van der Waals surface area contributed by atoms with Gasteiger partial charge in [-0.15, -0.1) is 0 Å². The molecule has 1 aliphatic carbocycles. The minimum absolute atomic E-state index is 0.0223. The first kappa shape index (κ1) is 17.2. The number of nitrogens with zero attached hydrogens (tertiary/aromatic N) is 1. The molecule has 1 aromatic carbocycles. The SMILES string of the molecule is O=C(NCC1(C(=O)O)CCCCC1)c1ccc([N+](=O)[O-])cc1Cl. The monoisotopic (exact) mass is 340 g/mol. The molecule has 1 aromatic rings. The Bertz CT molecular complexity index is 641. The maximum Gasteiger partial charge on any atom is 0.311 e. The number of aliphatic carboxylic acids is 1. The van der Waals surface area contributed by atoms with Crippen molar-refractivity contribution in [3.8, 4) is 0 Å². The molecule has 23 heavy (non-hydrogen) atoms. The second-order valence-electron chi connectivity index (χ2n) is 5.75. The van der Waals surface area contributed by atoms with Gasteiger partial charge in [0.25, 0.3) is 11.6 Å². The highest BCUT2D eigenvalue weighted by Gasteiger charge is 2.39. The van der Waals surface area contributed by atoms with Gasteiger partial charge in [-0.3, -0.25) is 19.7 Å². The Balaban J connectivity index is 2.09. The van der Waals surface area contributed by atoms with Crippen LogP contribution in [0, 0.1) is 15.5 Å². The number of carboxylic acids is 1. The van der Waals surface area contributed by atoms with Gasteiger partial charge >= 0.3 is 5.97 Å². The molecule has 0 radical (unpaired) electrons. The Morgan fingerprint density at radius 2 is 1.96 bits per heavy atom. The number of hydrogen-bond acceptors (Lipinski definition) is 4. The van der Waals surface area contributed by atoms with Crippen LogP contribution in [-0.4, -0.2) is 28.5 Å². The number of rotatable bonds is 5. The fraction of sp³-hybridized carbons (Fsp3) is 0.467. The summed E-state index contributed by atoms with van der Waals surface area (Å²) in [5.41, 5.74) is -1.06. The smallest absolute Gasteiger partial charge is 0.311 e. The summed E-state index contributed by atoms with van der Waals surface area (Å²) in [4.78, 5) is 33.8. The van der Waals surface area contributed by atoms with Crippen LogP contribution in [0.25, 0.3) is 0 Å². The maximum absolute atomic E-state index is 12.2. The number of amides is 1. The van der Waals surface area contributed by atoms with Crippen LogP contribution < -0.4 is 5.32 Å². The number of hydrogen-bond donors (Lipinski definition) is 2. The fourth-order valence-electron chi connectivity index (χ4n) is 2.84. The van der Waals surface area contributed by atoms with Crippen LogP contribution in [0.1, 0.15) is 42.5 Å². The molecule has 0 bridgehead atoms. The minimum atomic E-state index is -0.943. The van der Waals surface area contributed by atoms with Gasteiger partial charge in [0.1, 0.15) is 0 Å². The molecule has 0 spiro atoms. The first-order valence-electron chi connectivity index (χ1n) is 7.31. The lowest BCUT2D eigenvalue weighted by Gasteiger charge is -2.33. The van der Waals surface area contributed by atoms with Crippen molar-refractivity contribution in [1.29, 1.82) is 0 Å². The largest absolute Gasteiger partial charge is 0.481 e. The lowest BCUT2D eigenvalue weighted by atomic mass is 9.74. The molecule has 1 aliphatic rings. The maximum atomic E-state index is 12.2. The van der Waals surface area contributed by atoms with Gasteiger partial charge < -0.3 is 10.4 Å². The molecule has 8 heteroatoms. The number of benzene rings is 1. The van der Waals surface area contributed by atoms with Crippen LogP contribution in [0.2, 0.25) is 5.02 Å². The zero-order chi connectivity index (χ0) is 17.0. The van der Waals surface area contributed by atoms with E-state index in [1.54, 1.807) is 0 Å². The first-order valence-corrected chi connectivity index (χ1v) is 7.69. The topological polar surface area (TPSA) is 110 Å². The fourth-order valence-corrected chi connectivity index (χ4v) is 3.10. The molecular weight excluding hydrogens is 324 g/mol. The quantitative estimate of drug-likeness (QED) is 0.632. The Morgan fingerprint density at radius 3 is 2.48 bits per heavy atom. The van der Waals surface area contributed by atoms with E-state index in [0.717, 1.165) is 25.3 Å². The van der Waals surface area contributed by atoms with Gasteiger partial charge in [0.15, 0.2) is 0 Å². The molecule has 0 aromatic heterocycles. The van der Waals surface area contributed by atoms with Crippen molar-refractivity contribution in [2.24, 2.45) is 5.41 Å². The van der Waals surface area contributed by atoms with Crippen LogP contribution in [0.3, 0.4) is 0 Å². The second kappa shape index (κ2) is 6.95. The molecule has 0 atom stereocenters. The number of nitro benzene ring substituents is 1. The summed E-state index contributed by atoms with van der Waals surface area (Å²) in [6.45, 7) is 0.0223. The van der Waals surface area contributed by atoms with Crippen molar-refractivity contribution in [2.45, 2.75) is 32.1 Å². The van der Waals surface area contributed by atoms with Gasteiger partial charge in [0.05, 0.1) is 20.9 Å². The van der Waals surface area contributed by atoms with E-state index in [-0.39, 0.29) is 22.8 Å². The van der Waals surface area contributed by atoms with Gasteiger partial charge in [-0.1, -0.05) is 30.9 Å². The third-order valence-corrected chi connectivity index (χ3v) is 4.57. The predicted octanol–water partition coefficient (Wildman–Crippen LogP) is 3.01. The highest BCUT2D eigenvalue weighted by molar-refractivity contribution is 6.34. The number of carboxylic acid groups (broad SMARTS) is 1. The standard InChI is InChI=1S/C15H17ClN2O5/c16-12-8-10(18(22)23)4-5-11(12)13(19)17-9-15(14(20)21)6-2-1-3-7-15/h4-5,8H,1-3,6-7,9H2,(H,17,19)(H,20,21). The van der Waals surface area contributed by atoms with Crippen LogP contribution in [0.4, 0.5) is 5.69 Å². The predicted molar refractivity (Wildman–Crippen MR) is 83.6 cm³/mol. The van der Waals surface area contributed by atoms with Crippen LogP contribution >= 0.6 is 11.6 Å². The van der Waals surface area contributed by atoms with Crippen molar-refractivity contribution in [3.63, 3.8) is 0 Å². The second-order valence-corrected chi connectivity index (χ2v) is 6.16. The van der Waals surface area contributed by atoms with Crippen molar-refractivity contribution >= 4 is 29.2 Å². The molecule has 0 heterocycles. The van der Waals surface area contributed by atoms with Crippen LogP contribution in [0.5, 0.6) is 0 Å². The summed E-state index contributed by atoms with van der Waals surface area (Å²) in [6, 6.07) is 3.56. The van der Waals surface area contributed by atoms with Crippen LogP contribution in [0.15, 0.2) is 18.2 Å². The molecule has 2 N–H and O–H groups in total. The minimum Gasteiger partial charge on any atom is -0.481 e. The third kappa shape index (κ3) is 3.79. The Morgan fingerprint density at radius 1 is 1.30 bits per heavy atom. The van der Waals surface area contributed by atoms with Gasteiger partial charge in [0, 0.05) is 18.7 Å². The van der Waals surface area contributed by atoms with E-state index in [4.69, 9.17) is 11.6 Å². The molecule has 124 valence electrons. The number of carbonyl (C=O) groups excluding carboxylic acids is 1. The lowest BCUT2D eigenvalue weighted by Crippen LogP contribution is -2.44. The summed E-state index contributed by atoms with van der Waals surface area (Å²) < 4.78 is 0. The molecule has 7 nitrogen and oxygen atoms in total. The van der Waals surface area contributed by atoms with Crippen LogP contribution in [-0.2, 0) is 4.79 Å². The number of non-ortho nitro benzene ring substituents is 1. The molecule has 1 saturated carbocycles. The summed E-state index contributed by atoms with van der Waals surface area (Å²) in [5, 5.41) is 22.7. The zero-order valence-corrected chi connectivity index (χ0v) is 13.1. The zero-order valence-electron chi connectivity index (χ0n) is 12.4. The molecule has 0 unspecified atom stereocenters. The molecule has 0 saturated heterocycles. The number of nitro groups is 1. The molecule has 1 fully saturated rings. The highest BCUT2D eigenvalue weighted by atomic mass is 35.5. The van der Waals surface area contributed by atoms with E-state index in [2.05, 4.69) is 5.32 Å². The van der Waals surface area contributed by atoms with Crippen molar-refractivity contribution in [2.75, 3.05) is 6.54 Å². The van der Waals surface area contributed by atoms with E-state index < -0.39 is 22.2 Å². The molecule has 2 rings (SSSR count). The van der Waals surface area contributed by atoms with E-state index in [0.29, 0.717) is 12.8 Å². The third-order valence-electron chi connectivity index (χ3n) is 4.26. The average molecular weight is 341 g/mol. The average Bonchev–Trinajstić information content (AvgIpc) is 2.53. The Labute approximate surface area is 137 Å². The van der Waals surface area contributed by atoms with Crippen molar-refractivity contribution < 1.29 is 19.6 Å². The summed E-state index contributed by atoms with van der Waals surface area (Å²) >= 11 is 5.91. The van der Waals surface area contributed by atoms with E-state index in [1.807, 2.05) is 0 Å². The molecule has 1 amide bonds. The van der Waals surface area contributed by atoms with Crippen molar-refractivity contribution in [3.05, 3.63) is 38.9 Å². The number of nitrogens with one attached hydrogen (secondary N) is 1. The number of halogens is 1. The molecule has 0 aliphatic heterocycles. The Hall–Kier alpha value is -2.15. The lowest BCUT2D eigenvalue weighted by molar-refractivity contribution is -0.384. The van der Waals surface area contributed by atoms with Gasteiger partial charge in [0.2, 0.25) is 0 Å². The number of carbonyl (C=O) groups is 2.